The molecule has 1 atom stereocenters. The highest BCUT2D eigenvalue weighted by Gasteiger charge is 2.27. The molecule has 18 heavy (non-hydrogen) atoms. The van der Waals surface area contributed by atoms with Crippen LogP contribution in [0.1, 0.15) is 23.4 Å². The third kappa shape index (κ3) is 2.95. The van der Waals surface area contributed by atoms with Crippen molar-refractivity contribution in [3.8, 4) is 0 Å². The molecule has 1 unspecified atom stereocenters. The Balaban J connectivity index is 1.84. The van der Waals surface area contributed by atoms with E-state index in [1.807, 2.05) is 0 Å². The molecule has 4 nitrogen and oxygen atoms in total. The van der Waals surface area contributed by atoms with Crippen molar-refractivity contribution in [2.75, 3.05) is 18.1 Å². The third-order valence-corrected chi connectivity index (χ3v) is 5.79. The molecule has 0 bridgehead atoms. The lowest BCUT2D eigenvalue weighted by atomic mass is 10.1. The molecule has 5 heteroatoms. The molecule has 0 aromatic carbocycles. The predicted octanol–water partition coefficient (Wildman–Crippen LogP) is 1.17. The van der Waals surface area contributed by atoms with E-state index in [0.717, 1.165) is 19.5 Å². The first-order valence-corrected chi connectivity index (χ1v) is 8.24. The summed E-state index contributed by atoms with van der Waals surface area (Å²) in [7, 11) is -0.678. The Morgan fingerprint density at radius 2 is 2.17 bits per heavy atom. The van der Waals surface area contributed by atoms with E-state index in [1.54, 1.807) is 0 Å². The SMILES string of the molecule is Cc1cc(CNCC2CCS(=O)(=O)C2)c(C)n1C. The number of aryl methyl sites for hydroxylation is 1. The standard InChI is InChI=1S/C13H22N2O2S/c1-10-6-13(11(2)15(10)3)8-14-7-12-4-5-18(16,17)9-12/h6,12,14H,4-5,7-9H2,1-3H3. The van der Waals surface area contributed by atoms with Crippen LogP contribution in [0.2, 0.25) is 0 Å². The minimum atomic E-state index is -2.75. The van der Waals surface area contributed by atoms with Crippen molar-refractivity contribution in [3.05, 3.63) is 23.0 Å². The molecule has 1 fully saturated rings. The summed E-state index contributed by atoms with van der Waals surface area (Å²) in [6, 6.07) is 2.19. The lowest BCUT2D eigenvalue weighted by Gasteiger charge is -2.09. The van der Waals surface area contributed by atoms with Crippen LogP contribution < -0.4 is 5.32 Å². The van der Waals surface area contributed by atoms with Gasteiger partial charge in [0.05, 0.1) is 11.5 Å². The Hall–Kier alpha value is -0.810. The Bertz CT molecular complexity index is 531. The summed E-state index contributed by atoms with van der Waals surface area (Å²) < 4.78 is 24.9. The number of aromatic nitrogens is 1. The Kier molecular flexibility index (Phi) is 3.82. The van der Waals surface area contributed by atoms with Gasteiger partial charge in [-0.15, -0.1) is 0 Å². The molecule has 1 N–H and O–H groups in total. The van der Waals surface area contributed by atoms with Crippen molar-refractivity contribution < 1.29 is 8.42 Å². The van der Waals surface area contributed by atoms with Crippen LogP contribution in [-0.4, -0.2) is 31.0 Å². The van der Waals surface area contributed by atoms with Crippen molar-refractivity contribution in [3.63, 3.8) is 0 Å². The predicted molar refractivity (Wildman–Crippen MR) is 73.4 cm³/mol. The van der Waals surface area contributed by atoms with Gasteiger partial charge < -0.3 is 9.88 Å². The van der Waals surface area contributed by atoms with Gasteiger partial charge in [0.25, 0.3) is 0 Å². The molecule has 0 saturated carbocycles. The topological polar surface area (TPSA) is 51.1 Å². The third-order valence-electron chi connectivity index (χ3n) is 3.96. The van der Waals surface area contributed by atoms with E-state index in [9.17, 15) is 8.42 Å². The van der Waals surface area contributed by atoms with E-state index in [2.05, 4.69) is 36.8 Å². The molecular formula is C13H22N2O2S. The molecule has 1 saturated heterocycles. The van der Waals surface area contributed by atoms with Gasteiger partial charge in [0.2, 0.25) is 0 Å². The lowest BCUT2D eigenvalue weighted by Crippen LogP contribution is -2.23. The Labute approximate surface area is 109 Å². The summed E-state index contributed by atoms with van der Waals surface area (Å²) in [5.74, 6) is 1.01. The average Bonchev–Trinajstić information content (AvgIpc) is 2.75. The normalized spacial score (nSPS) is 22.5. The molecule has 1 aliphatic heterocycles. The van der Waals surface area contributed by atoms with Crippen molar-refractivity contribution >= 4 is 9.84 Å². The zero-order valence-electron chi connectivity index (χ0n) is 11.4. The maximum absolute atomic E-state index is 11.3. The van der Waals surface area contributed by atoms with Crippen LogP contribution in [0.3, 0.4) is 0 Å². The molecular weight excluding hydrogens is 248 g/mol. The first-order chi connectivity index (χ1) is 8.39. The lowest BCUT2D eigenvalue weighted by molar-refractivity contribution is 0.520. The summed E-state index contributed by atoms with van der Waals surface area (Å²) in [5, 5.41) is 3.38. The molecule has 0 aliphatic carbocycles. The monoisotopic (exact) mass is 270 g/mol. The number of hydrogen-bond donors (Lipinski definition) is 1. The number of nitrogens with one attached hydrogen (secondary N) is 1. The smallest absolute Gasteiger partial charge is 0.150 e. The molecule has 1 aromatic heterocycles. The number of nitrogens with zero attached hydrogens (tertiary/aromatic N) is 1. The second kappa shape index (κ2) is 5.05. The van der Waals surface area contributed by atoms with Crippen molar-refractivity contribution in [2.24, 2.45) is 13.0 Å². The van der Waals surface area contributed by atoms with Gasteiger partial charge in [0, 0.05) is 25.0 Å². The summed E-state index contributed by atoms with van der Waals surface area (Å²) >= 11 is 0. The van der Waals surface area contributed by atoms with E-state index in [0.29, 0.717) is 17.4 Å². The highest BCUT2D eigenvalue weighted by Crippen LogP contribution is 2.18. The first kappa shape index (κ1) is 13.6. The van der Waals surface area contributed by atoms with Crippen LogP contribution in [0.15, 0.2) is 6.07 Å². The molecule has 0 spiro atoms. The quantitative estimate of drug-likeness (QED) is 0.893. The first-order valence-electron chi connectivity index (χ1n) is 6.42. The highest BCUT2D eigenvalue weighted by molar-refractivity contribution is 7.91. The van der Waals surface area contributed by atoms with Crippen LogP contribution >= 0.6 is 0 Å². The fraction of sp³-hybridized carbons (Fsp3) is 0.692. The summed E-state index contributed by atoms with van der Waals surface area (Å²) in [4.78, 5) is 0. The number of sulfone groups is 1. The van der Waals surface area contributed by atoms with Gasteiger partial charge in [-0.2, -0.15) is 0 Å². The van der Waals surface area contributed by atoms with Crippen LogP contribution in [0.5, 0.6) is 0 Å². The second-order valence-electron chi connectivity index (χ2n) is 5.36. The van der Waals surface area contributed by atoms with E-state index >= 15 is 0 Å². The van der Waals surface area contributed by atoms with Crippen LogP contribution in [0.4, 0.5) is 0 Å². The second-order valence-corrected chi connectivity index (χ2v) is 7.58. The van der Waals surface area contributed by atoms with Crippen LogP contribution in [0, 0.1) is 19.8 Å². The Morgan fingerprint density at radius 3 is 2.67 bits per heavy atom. The number of rotatable bonds is 4. The minimum absolute atomic E-state index is 0.292. The summed E-state index contributed by atoms with van der Waals surface area (Å²) in [6.45, 7) is 5.83. The van der Waals surface area contributed by atoms with Crippen molar-refractivity contribution in [2.45, 2.75) is 26.8 Å². The van der Waals surface area contributed by atoms with Gasteiger partial charge in [0.15, 0.2) is 9.84 Å². The molecule has 102 valence electrons. The Morgan fingerprint density at radius 1 is 1.44 bits per heavy atom. The molecule has 1 aromatic rings. The summed E-state index contributed by atoms with van der Waals surface area (Å²) in [5.41, 5.74) is 3.84. The van der Waals surface area contributed by atoms with E-state index in [4.69, 9.17) is 0 Å². The fourth-order valence-electron chi connectivity index (χ4n) is 2.56. The van der Waals surface area contributed by atoms with Gasteiger partial charge in [-0.05, 0) is 44.4 Å². The van der Waals surface area contributed by atoms with Gasteiger partial charge in [-0.25, -0.2) is 8.42 Å². The zero-order chi connectivity index (χ0) is 13.3. The van der Waals surface area contributed by atoms with Crippen LogP contribution in [0.25, 0.3) is 0 Å². The molecule has 0 amide bonds. The fourth-order valence-corrected chi connectivity index (χ4v) is 4.42. The molecule has 2 heterocycles. The number of hydrogen-bond acceptors (Lipinski definition) is 3. The molecule has 2 rings (SSSR count). The van der Waals surface area contributed by atoms with Crippen molar-refractivity contribution in [1.29, 1.82) is 0 Å². The van der Waals surface area contributed by atoms with Gasteiger partial charge >= 0.3 is 0 Å². The highest BCUT2D eigenvalue weighted by atomic mass is 32.2. The molecule has 1 aliphatic rings. The largest absolute Gasteiger partial charge is 0.352 e. The minimum Gasteiger partial charge on any atom is -0.352 e. The van der Waals surface area contributed by atoms with Gasteiger partial charge in [-0.3, -0.25) is 0 Å². The van der Waals surface area contributed by atoms with Gasteiger partial charge in [0.1, 0.15) is 0 Å². The maximum Gasteiger partial charge on any atom is 0.150 e. The maximum atomic E-state index is 11.3. The summed E-state index contributed by atoms with van der Waals surface area (Å²) in [6.07, 6.45) is 0.808. The molecule has 0 radical (unpaired) electrons. The van der Waals surface area contributed by atoms with E-state index in [1.165, 1.54) is 17.0 Å². The van der Waals surface area contributed by atoms with Crippen LogP contribution in [-0.2, 0) is 23.4 Å². The van der Waals surface area contributed by atoms with Crippen molar-refractivity contribution in [1.82, 2.24) is 9.88 Å². The zero-order valence-corrected chi connectivity index (χ0v) is 12.2. The average molecular weight is 270 g/mol. The van der Waals surface area contributed by atoms with Gasteiger partial charge in [-0.1, -0.05) is 0 Å². The van der Waals surface area contributed by atoms with E-state index in [-0.39, 0.29) is 0 Å². The van der Waals surface area contributed by atoms with E-state index < -0.39 is 9.84 Å².